The first-order valence-corrected chi connectivity index (χ1v) is 9.16. The zero-order chi connectivity index (χ0) is 17.7. The van der Waals surface area contributed by atoms with Crippen LogP contribution in [0.4, 0.5) is 4.79 Å². The molecule has 3 N–H and O–H groups in total. The lowest BCUT2D eigenvalue weighted by Crippen LogP contribution is -2.50. The number of hydrogen-bond donors (Lipinski definition) is 2. The van der Waals surface area contributed by atoms with Gasteiger partial charge in [-0.15, -0.1) is 0 Å². The van der Waals surface area contributed by atoms with Crippen LogP contribution in [0.3, 0.4) is 0 Å². The summed E-state index contributed by atoms with van der Waals surface area (Å²) in [6.45, 7) is 8.48. The van der Waals surface area contributed by atoms with Gasteiger partial charge in [0.2, 0.25) is 5.91 Å². The molecule has 2 bridgehead atoms. The molecule has 1 saturated carbocycles. The molecule has 2 amide bonds. The summed E-state index contributed by atoms with van der Waals surface area (Å²) in [7, 11) is 0. The summed E-state index contributed by atoms with van der Waals surface area (Å²) in [4.78, 5) is 27.0. The van der Waals surface area contributed by atoms with E-state index < -0.39 is 5.60 Å². The highest BCUT2D eigenvalue weighted by atomic mass is 16.6. The van der Waals surface area contributed by atoms with E-state index in [1.807, 2.05) is 20.8 Å². The zero-order valence-electron chi connectivity index (χ0n) is 15.3. The highest BCUT2D eigenvalue weighted by Gasteiger charge is 2.57. The molecule has 4 atom stereocenters. The Kier molecular flexibility index (Phi) is 4.31. The van der Waals surface area contributed by atoms with E-state index in [9.17, 15) is 9.59 Å². The van der Waals surface area contributed by atoms with Crippen LogP contribution in [-0.4, -0.2) is 47.2 Å². The van der Waals surface area contributed by atoms with Gasteiger partial charge in [-0.3, -0.25) is 9.69 Å². The number of amides is 2. The van der Waals surface area contributed by atoms with Crippen LogP contribution in [0.1, 0.15) is 59.8 Å². The second-order valence-electron chi connectivity index (χ2n) is 9.08. The summed E-state index contributed by atoms with van der Waals surface area (Å²) in [6.07, 6.45) is 4.92. The van der Waals surface area contributed by atoms with E-state index in [1.165, 1.54) is 19.3 Å². The van der Waals surface area contributed by atoms with Crippen molar-refractivity contribution in [3.8, 4) is 0 Å². The summed E-state index contributed by atoms with van der Waals surface area (Å²) in [6, 6.07) is -0.514. The van der Waals surface area contributed by atoms with E-state index in [2.05, 4.69) is 12.2 Å². The van der Waals surface area contributed by atoms with Crippen LogP contribution in [0.25, 0.3) is 0 Å². The lowest BCUT2D eigenvalue weighted by atomic mass is 9.70. The molecule has 0 aromatic rings. The molecule has 3 rings (SSSR count). The van der Waals surface area contributed by atoms with Crippen molar-refractivity contribution >= 4 is 12.0 Å². The standard InChI is InChI=1S/C18H31N3O3/c1-17(2,3)24-16(23)21-11-6-7-12(21)14(19)13(11)15(22)20-10-18(4)8-5-9-18/h11-14H,5-10,19H2,1-4H3,(H,20,22)/t11-,12+,13+,14-/m1/s1. The maximum atomic E-state index is 12.7. The van der Waals surface area contributed by atoms with Crippen molar-refractivity contribution in [2.24, 2.45) is 17.1 Å². The van der Waals surface area contributed by atoms with Gasteiger partial charge < -0.3 is 15.8 Å². The van der Waals surface area contributed by atoms with Gasteiger partial charge in [-0.1, -0.05) is 13.3 Å². The minimum Gasteiger partial charge on any atom is -0.444 e. The fourth-order valence-corrected chi connectivity index (χ4v) is 4.40. The zero-order valence-corrected chi connectivity index (χ0v) is 15.3. The number of fused-ring (bicyclic) bond motifs is 2. The fourth-order valence-electron chi connectivity index (χ4n) is 4.40. The van der Waals surface area contributed by atoms with Crippen molar-refractivity contribution in [2.45, 2.75) is 83.5 Å². The lowest BCUT2D eigenvalue weighted by Gasteiger charge is -2.39. The normalized spacial score (nSPS) is 34.0. The molecule has 2 aliphatic heterocycles. The van der Waals surface area contributed by atoms with E-state index in [1.54, 1.807) is 4.90 Å². The highest BCUT2D eigenvalue weighted by molar-refractivity contribution is 5.83. The molecule has 136 valence electrons. The first kappa shape index (κ1) is 17.5. The van der Waals surface area contributed by atoms with Gasteiger partial charge >= 0.3 is 6.09 Å². The molecule has 0 spiro atoms. The lowest BCUT2D eigenvalue weighted by molar-refractivity contribution is -0.127. The first-order valence-electron chi connectivity index (χ1n) is 9.16. The number of carbonyl (C=O) groups excluding carboxylic acids is 2. The smallest absolute Gasteiger partial charge is 0.410 e. The largest absolute Gasteiger partial charge is 0.444 e. The van der Waals surface area contributed by atoms with E-state index in [-0.39, 0.29) is 41.5 Å². The van der Waals surface area contributed by atoms with E-state index in [4.69, 9.17) is 10.5 Å². The van der Waals surface area contributed by atoms with Crippen LogP contribution >= 0.6 is 0 Å². The highest BCUT2D eigenvalue weighted by Crippen LogP contribution is 2.43. The van der Waals surface area contributed by atoms with Gasteiger partial charge in [-0.05, 0) is 51.9 Å². The average Bonchev–Trinajstić information content (AvgIpc) is 2.96. The Labute approximate surface area is 144 Å². The molecule has 2 heterocycles. The Balaban J connectivity index is 1.65. The molecule has 0 unspecified atom stereocenters. The third kappa shape index (κ3) is 3.13. The Morgan fingerprint density at radius 2 is 1.88 bits per heavy atom. The fraction of sp³-hybridized carbons (Fsp3) is 0.889. The van der Waals surface area contributed by atoms with Crippen molar-refractivity contribution < 1.29 is 14.3 Å². The second kappa shape index (κ2) is 5.90. The van der Waals surface area contributed by atoms with Crippen LogP contribution in [0.15, 0.2) is 0 Å². The monoisotopic (exact) mass is 337 g/mol. The maximum absolute atomic E-state index is 12.7. The summed E-state index contributed by atoms with van der Waals surface area (Å²) in [5.74, 6) is -0.323. The van der Waals surface area contributed by atoms with Crippen molar-refractivity contribution in [2.75, 3.05) is 6.54 Å². The Morgan fingerprint density at radius 1 is 1.25 bits per heavy atom. The average molecular weight is 337 g/mol. The minimum absolute atomic E-state index is 0.00335. The van der Waals surface area contributed by atoms with Crippen LogP contribution in [0, 0.1) is 11.3 Å². The quantitative estimate of drug-likeness (QED) is 0.825. The van der Waals surface area contributed by atoms with Crippen molar-refractivity contribution in [3.63, 3.8) is 0 Å². The molecule has 0 aromatic carbocycles. The van der Waals surface area contributed by atoms with Crippen LogP contribution in [0.5, 0.6) is 0 Å². The molecule has 24 heavy (non-hydrogen) atoms. The number of ether oxygens (including phenoxy) is 1. The third-order valence-electron chi connectivity index (χ3n) is 5.90. The number of nitrogens with two attached hydrogens (primary N) is 1. The Hall–Kier alpha value is -1.30. The number of rotatable bonds is 3. The summed E-state index contributed by atoms with van der Waals surface area (Å²) < 4.78 is 5.52. The summed E-state index contributed by atoms with van der Waals surface area (Å²) >= 11 is 0. The molecule has 1 aliphatic carbocycles. The van der Waals surface area contributed by atoms with Gasteiger partial charge in [-0.25, -0.2) is 4.79 Å². The van der Waals surface area contributed by atoms with Crippen LogP contribution < -0.4 is 11.1 Å². The number of nitrogens with zero attached hydrogens (tertiary/aromatic N) is 1. The second-order valence-corrected chi connectivity index (χ2v) is 9.08. The molecular weight excluding hydrogens is 306 g/mol. The molecule has 0 radical (unpaired) electrons. The van der Waals surface area contributed by atoms with Gasteiger partial charge in [0.15, 0.2) is 0 Å². The molecule has 2 saturated heterocycles. The van der Waals surface area contributed by atoms with Gasteiger partial charge in [0.05, 0.1) is 12.0 Å². The maximum Gasteiger partial charge on any atom is 0.410 e. The number of nitrogens with one attached hydrogen (secondary N) is 1. The van der Waals surface area contributed by atoms with Crippen molar-refractivity contribution in [3.05, 3.63) is 0 Å². The predicted molar refractivity (Wildman–Crippen MR) is 91.3 cm³/mol. The van der Waals surface area contributed by atoms with Gasteiger partial charge in [0.1, 0.15) is 5.60 Å². The molecule has 6 nitrogen and oxygen atoms in total. The van der Waals surface area contributed by atoms with Crippen LogP contribution in [-0.2, 0) is 9.53 Å². The first-order chi connectivity index (χ1) is 11.1. The number of carbonyl (C=O) groups is 2. The molecule has 3 aliphatic rings. The molecular formula is C18H31N3O3. The van der Waals surface area contributed by atoms with Crippen LogP contribution in [0.2, 0.25) is 0 Å². The Bertz CT molecular complexity index is 524. The van der Waals surface area contributed by atoms with Crippen molar-refractivity contribution in [1.29, 1.82) is 0 Å². The molecule has 3 fully saturated rings. The topological polar surface area (TPSA) is 84.7 Å². The number of hydrogen-bond acceptors (Lipinski definition) is 4. The summed E-state index contributed by atoms with van der Waals surface area (Å²) in [5, 5.41) is 3.09. The third-order valence-corrected chi connectivity index (χ3v) is 5.90. The van der Waals surface area contributed by atoms with Gasteiger partial charge in [-0.2, -0.15) is 0 Å². The molecule has 0 aromatic heterocycles. The Morgan fingerprint density at radius 3 is 2.42 bits per heavy atom. The predicted octanol–water partition coefficient (Wildman–Crippen LogP) is 2.02. The molecule has 6 heteroatoms. The van der Waals surface area contributed by atoms with Gasteiger partial charge in [0, 0.05) is 18.6 Å². The van der Waals surface area contributed by atoms with E-state index >= 15 is 0 Å². The van der Waals surface area contributed by atoms with Gasteiger partial charge in [0.25, 0.3) is 0 Å². The minimum atomic E-state index is -0.542. The van der Waals surface area contributed by atoms with Crippen molar-refractivity contribution in [1.82, 2.24) is 10.2 Å². The van der Waals surface area contributed by atoms with E-state index in [0.717, 1.165) is 12.8 Å². The van der Waals surface area contributed by atoms with E-state index in [0.29, 0.717) is 6.54 Å². The summed E-state index contributed by atoms with van der Waals surface area (Å²) in [5.41, 5.74) is 6.03. The SMILES string of the molecule is CC1(CNC(=O)[C@@H]2[C@H](N)[C@@H]3CC[C@H]2N3C(=O)OC(C)(C)C)CCC1.